The first-order chi connectivity index (χ1) is 13.7. The van der Waals surface area contributed by atoms with Gasteiger partial charge in [-0.15, -0.1) is 0 Å². The number of Topliss-reactive ketones (excluding diaryl/α,β-unsaturated/α-hetero) is 1. The van der Waals surface area contributed by atoms with Crippen molar-refractivity contribution in [3.63, 3.8) is 0 Å². The van der Waals surface area contributed by atoms with Crippen molar-refractivity contribution in [2.24, 2.45) is 0 Å². The maximum absolute atomic E-state index is 11.1. The van der Waals surface area contributed by atoms with Crippen LogP contribution in [0.1, 0.15) is 17.2 Å². The second-order valence-electron chi connectivity index (χ2n) is 6.99. The summed E-state index contributed by atoms with van der Waals surface area (Å²) in [4.78, 5) is 15.9. The molecule has 2 aromatic carbocycles. The van der Waals surface area contributed by atoms with Crippen LogP contribution in [0.15, 0.2) is 54.6 Å². The SMILES string of the molecule is O=C(CO)COCCN1CCN(C(c2ccccc2)c2ccc(Cl)cc2)CC1. The quantitative estimate of drug-likeness (QED) is 0.653. The van der Waals surface area contributed by atoms with Gasteiger partial charge in [0.25, 0.3) is 0 Å². The lowest BCUT2D eigenvalue weighted by atomic mass is 9.96. The van der Waals surface area contributed by atoms with Gasteiger partial charge in [-0.25, -0.2) is 0 Å². The molecular formula is C22H27ClN2O3. The molecule has 2 aromatic rings. The Balaban J connectivity index is 1.59. The minimum absolute atomic E-state index is 0.0108. The second kappa shape index (κ2) is 10.7. The zero-order chi connectivity index (χ0) is 19.8. The highest BCUT2D eigenvalue weighted by molar-refractivity contribution is 6.30. The molecule has 1 unspecified atom stereocenters. The molecule has 1 aliphatic rings. The largest absolute Gasteiger partial charge is 0.388 e. The van der Waals surface area contributed by atoms with Gasteiger partial charge in [0, 0.05) is 37.7 Å². The summed E-state index contributed by atoms with van der Waals surface area (Å²) in [6.07, 6.45) is 0. The van der Waals surface area contributed by atoms with Crippen LogP contribution in [0.5, 0.6) is 0 Å². The molecule has 0 radical (unpaired) electrons. The molecule has 5 nitrogen and oxygen atoms in total. The molecule has 0 spiro atoms. The van der Waals surface area contributed by atoms with Crippen LogP contribution in [0, 0.1) is 0 Å². The van der Waals surface area contributed by atoms with E-state index >= 15 is 0 Å². The number of ketones is 1. The summed E-state index contributed by atoms with van der Waals surface area (Å²) in [7, 11) is 0. The molecule has 0 aromatic heterocycles. The second-order valence-corrected chi connectivity index (χ2v) is 7.43. The summed E-state index contributed by atoms with van der Waals surface area (Å²) < 4.78 is 5.34. The number of aliphatic hydroxyl groups is 1. The van der Waals surface area contributed by atoms with Crippen molar-refractivity contribution in [1.82, 2.24) is 9.80 Å². The van der Waals surface area contributed by atoms with E-state index in [2.05, 4.69) is 46.2 Å². The first kappa shape index (κ1) is 21.0. The maximum Gasteiger partial charge on any atom is 0.183 e. The van der Waals surface area contributed by atoms with Gasteiger partial charge in [0.05, 0.1) is 12.6 Å². The molecule has 0 bridgehead atoms. The monoisotopic (exact) mass is 402 g/mol. The molecular weight excluding hydrogens is 376 g/mol. The first-order valence-corrected chi connectivity index (χ1v) is 10.0. The molecule has 0 saturated carbocycles. The molecule has 3 rings (SSSR count). The third kappa shape index (κ3) is 5.87. The molecule has 28 heavy (non-hydrogen) atoms. The van der Waals surface area contributed by atoms with Crippen LogP contribution >= 0.6 is 11.6 Å². The number of carbonyl (C=O) groups excluding carboxylic acids is 1. The highest BCUT2D eigenvalue weighted by atomic mass is 35.5. The van der Waals surface area contributed by atoms with Crippen LogP contribution in [-0.4, -0.2) is 73.2 Å². The summed E-state index contributed by atoms with van der Waals surface area (Å²) in [5.41, 5.74) is 2.53. The van der Waals surface area contributed by atoms with Gasteiger partial charge in [0.15, 0.2) is 5.78 Å². The standard InChI is InChI=1S/C22H27ClN2O3/c23-20-8-6-19(7-9-20)22(18-4-2-1-3-5-18)25-12-10-24(11-13-25)14-15-28-17-21(27)16-26/h1-9,22,26H,10-17H2. The Morgan fingerprint density at radius 1 is 1.00 bits per heavy atom. The van der Waals surface area contributed by atoms with Gasteiger partial charge in [-0.2, -0.15) is 0 Å². The number of piperazine rings is 1. The van der Waals surface area contributed by atoms with Gasteiger partial charge in [0.1, 0.15) is 13.2 Å². The van der Waals surface area contributed by atoms with Crippen molar-refractivity contribution in [3.8, 4) is 0 Å². The topological polar surface area (TPSA) is 53.0 Å². The van der Waals surface area contributed by atoms with Gasteiger partial charge >= 0.3 is 0 Å². The van der Waals surface area contributed by atoms with E-state index in [1.807, 2.05) is 18.2 Å². The number of aliphatic hydroxyl groups excluding tert-OH is 1. The van der Waals surface area contributed by atoms with Crippen LogP contribution in [0.25, 0.3) is 0 Å². The Kier molecular flexibility index (Phi) is 8.01. The first-order valence-electron chi connectivity index (χ1n) is 9.64. The van der Waals surface area contributed by atoms with Crippen molar-refractivity contribution in [1.29, 1.82) is 0 Å². The molecule has 1 heterocycles. The average Bonchev–Trinajstić information content (AvgIpc) is 2.74. The van der Waals surface area contributed by atoms with Crippen molar-refractivity contribution < 1.29 is 14.6 Å². The highest BCUT2D eigenvalue weighted by Gasteiger charge is 2.26. The molecule has 150 valence electrons. The van der Waals surface area contributed by atoms with Crippen LogP contribution in [0.3, 0.4) is 0 Å². The Morgan fingerprint density at radius 3 is 2.29 bits per heavy atom. The number of hydrogen-bond acceptors (Lipinski definition) is 5. The fraction of sp³-hybridized carbons (Fsp3) is 0.409. The lowest BCUT2D eigenvalue weighted by Gasteiger charge is -2.39. The Morgan fingerprint density at radius 2 is 1.64 bits per heavy atom. The van der Waals surface area contributed by atoms with Crippen molar-refractivity contribution in [2.75, 3.05) is 52.5 Å². The number of rotatable bonds is 9. The van der Waals surface area contributed by atoms with E-state index < -0.39 is 6.61 Å². The Bertz CT molecular complexity index is 731. The lowest BCUT2D eigenvalue weighted by Crippen LogP contribution is -2.48. The summed E-state index contributed by atoms with van der Waals surface area (Å²) in [6.45, 7) is 4.65. The van der Waals surface area contributed by atoms with E-state index in [1.54, 1.807) is 0 Å². The predicted octanol–water partition coefficient (Wildman–Crippen LogP) is 2.63. The molecule has 1 aliphatic heterocycles. The van der Waals surface area contributed by atoms with Crippen molar-refractivity contribution in [3.05, 3.63) is 70.7 Å². The molecule has 1 fully saturated rings. The van der Waals surface area contributed by atoms with Gasteiger partial charge < -0.3 is 9.84 Å². The number of hydrogen-bond donors (Lipinski definition) is 1. The lowest BCUT2D eigenvalue weighted by molar-refractivity contribution is -0.126. The molecule has 0 aliphatic carbocycles. The Labute approximate surface area is 171 Å². The van der Waals surface area contributed by atoms with Crippen LogP contribution in [0.4, 0.5) is 0 Å². The summed E-state index contributed by atoms with van der Waals surface area (Å²) in [5.74, 6) is -0.279. The summed E-state index contributed by atoms with van der Waals surface area (Å²) in [5, 5.41) is 9.46. The normalized spacial score (nSPS) is 16.8. The number of carbonyl (C=O) groups is 1. The maximum atomic E-state index is 11.1. The number of ether oxygens (including phenoxy) is 1. The predicted molar refractivity (Wildman–Crippen MR) is 111 cm³/mol. The fourth-order valence-electron chi connectivity index (χ4n) is 3.56. The van der Waals surface area contributed by atoms with E-state index in [0.29, 0.717) is 6.61 Å². The molecule has 0 amide bonds. The average molecular weight is 403 g/mol. The van der Waals surface area contributed by atoms with Crippen LogP contribution in [0.2, 0.25) is 5.02 Å². The van der Waals surface area contributed by atoms with Crippen molar-refractivity contribution in [2.45, 2.75) is 6.04 Å². The van der Waals surface area contributed by atoms with E-state index in [4.69, 9.17) is 21.4 Å². The number of halogens is 1. The molecule has 1 saturated heterocycles. The van der Waals surface area contributed by atoms with Gasteiger partial charge in [0.2, 0.25) is 0 Å². The van der Waals surface area contributed by atoms with Gasteiger partial charge in [-0.1, -0.05) is 54.1 Å². The zero-order valence-corrected chi connectivity index (χ0v) is 16.7. The van der Waals surface area contributed by atoms with Crippen LogP contribution < -0.4 is 0 Å². The Hall–Kier alpha value is -1.76. The van der Waals surface area contributed by atoms with E-state index in [1.165, 1.54) is 11.1 Å². The third-order valence-electron chi connectivity index (χ3n) is 5.06. The van der Waals surface area contributed by atoms with Gasteiger partial charge in [-0.05, 0) is 23.3 Å². The minimum Gasteiger partial charge on any atom is -0.388 e. The molecule has 6 heteroatoms. The summed E-state index contributed by atoms with van der Waals surface area (Å²) >= 11 is 6.09. The minimum atomic E-state index is -0.454. The fourth-order valence-corrected chi connectivity index (χ4v) is 3.69. The third-order valence-corrected chi connectivity index (χ3v) is 5.32. The van der Waals surface area contributed by atoms with Crippen molar-refractivity contribution >= 4 is 17.4 Å². The number of nitrogens with zero attached hydrogens (tertiary/aromatic N) is 2. The number of benzene rings is 2. The molecule has 1 atom stereocenters. The highest BCUT2D eigenvalue weighted by Crippen LogP contribution is 2.30. The zero-order valence-electron chi connectivity index (χ0n) is 16.0. The van der Waals surface area contributed by atoms with Crippen LogP contribution in [-0.2, 0) is 9.53 Å². The smallest absolute Gasteiger partial charge is 0.183 e. The van der Waals surface area contributed by atoms with E-state index in [-0.39, 0.29) is 18.4 Å². The van der Waals surface area contributed by atoms with E-state index in [9.17, 15) is 4.79 Å². The van der Waals surface area contributed by atoms with E-state index in [0.717, 1.165) is 37.7 Å². The van der Waals surface area contributed by atoms with Gasteiger partial charge in [-0.3, -0.25) is 14.6 Å². The summed E-state index contributed by atoms with van der Waals surface area (Å²) in [6, 6.07) is 18.9. The molecule has 1 N–H and O–H groups in total.